The average Bonchev–Trinajstić information content (AvgIpc) is 3.29. The van der Waals surface area contributed by atoms with Crippen LogP contribution in [0.2, 0.25) is 0 Å². The normalized spacial score (nSPS) is 17.2. The Kier molecular flexibility index (Phi) is 9.73. The van der Waals surface area contributed by atoms with Crippen LogP contribution in [-0.4, -0.2) is 76.8 Å². The fourth-order valence-electron chi connectivity index (χ4n) is 4.98. The van der Waals surface area contributed by atoms with Gasteiger partial charge in [0.25, 0.3) is 5.56 Å². The van der Waals surface area contributed by atoms with E-state index in [0.29, 0.717) is 22.7 Å². The number of hydrogen-bond acceptors (Lipinski definition) is 10. The molecule has 0 radical (unpaired) electrons. The van der Waals surface area contributed by atoms with Crippen LogP contribution < -0.4 is 26.5 Å². The van der Waals surface area contributed by atoms with Crippen molar-refractivity contribution in [2.24, 2.45) is 5.41 Å². The summed E-state index contributed by atoms with van der Waals surface area (Å²) in [7, 11) is 0. The number of Topliss-reactive ketones (excluding diaryl/α,β-unsaturated/α-hetero) is 2. The average molecular weight is 635 g/mol. The second-order valence-corrected chi connectivity index (χ2v) is 12.2. The van der Waals surface area contributed by atoms with Crippen molar-refractivity contribution in [3.05, 3.63) is 68.4 Å². The number of hydroxylamine groups is 1. The number of allylic oxidation sites excluding steroid dienone is 1. The van der Waals surface area contributed by atoms with E-state index in [1.165, 1.54) is 17.0 Å². The third-order valence-corrected chi connectivity index (χ3v) is 7.48. The summed E-state index contributed by atoms with van der Waals surface area (Å²) in [6, 6.07) is 7.96. The Morgan fingerprint density at radius 1 is 0.978 bits per heavy atom. The minimum Gasteiger partial charge on any atom is -0.327 e. The molecular formula is C30H37F3N6O6. The smallest absolute Gasteiger partial charge is 0.327 e. The number of carbonyl (C=O) groups excluding carboxylic acids is 3. The van der Waals surface area contributed by atoms with E-state index in [1.54, 1.807) is 63.8 Å². The lowest BCUT2D eigenvalue weighted by atomic mass is 9.91. The summed E-state index contributed by atoms with van der Waals surface area (Å²) in [4.78, 5) is 75.3. The first-order valence-corrected chi connectivity index (χ1v) is 14.4. The topological polar surface area (TPSA) is 126 Å². The van der Waals surface area contributed by atoms with Crippen molar-refractivity contribution in [2.75, 3.05) is 42.7 Å². The molecule has 0 aliphatic carbocycles. The van der Waals surface area contributed by atoms with Crippen LogP contribution in [0.3, 0.4) is 0 Å². The maximum atomic E-state index is 14.2. The van der Waals surface area contributed by atoms with E-state index in [-0.39, 0.29) is 30.9 Å². The summed E-state index contributed by atoms with van der Waals surface area (Å²) < 4.78 is 42.4. The van der Waals surface area contributed by atoms with E-state index in [1.807, 2.05) is 0 Å². The van der Waals surface area contributed by atoms with Crippen LogP contribution in [0.1, 0.15) is 45.0 Å². The van der Waals surface area contributed by atoms with Crippen LogP contribution in [0.5, 0.6) is 0 Å². The molecule has 4 rings (SSSR count). The molecule has 2 aliphatic rings. The van der Waals surface area contributed by atoms with Gasteiger partial charge in [-0.3, -0.25) is 28.4 Å². The Balaban J connectivity index is 2.03. The predicted octanol–water partition coefficient (Wildman–Crippen LogP) is 2.31. The largest absolute Gasteiger partial charge is 0.493 e. The number of alkyl halides is 3. The Morgan fingerprint density at radius 3 is 2.16 bits per heavy atom. The highest BCUT2D eigenvalue weighted by Gasteiger charge is 2.51. The zero-order valence-electron chi connectivity index (χ0n) is 25.8. The number of anilines is 2. The zero-order chi connectivity index (χ0) is 33.3. The molecule has 1 saturated heterocycles. The highest BCUT2D eigenvalue weighted by Crippen LogP contribution is 2.39. The van der Waals surface area contributed by atoms with Crippen molar-refractivity contribution < 1.29 is 32.4 Å². The highest BCUT2D eigenvalue weighted by molar-refractivity contribution is 5.96. The molecule has 0 saturated carbocycles. The van der Waals surface area contributed by atoms with Crippen LogP contribution in [0.25, 0.3) is 0 Å². The lowest BCUT2D eigenvalue weighted by molar-refractivity contribution is -0.203. The van der Waals surface area contributed by atoms with Gasteiger partial charge in [-0.2, -0.15) is 13.2 Å². The number of halogens is 3. The van der Waals surface area contributed by atoms with Gasteiger partial charge in [0, 0.05) is 43.7 Å². The van der Waals surface area contributed by atoms with Gasteiger partial charge in [-0.05, 0) is 13.8 Å². The molecule has 2 aliphatic heterocycles. The van der Waals surface area contributed by atoms with Gasteiger partial charge < -0.3 is 15.1 Å². The molecule has 1 aromatic heterocycles. The summed E-state index contributed by atoms with van der Waals surface area (Å²) in [6.45, 7) is 8.43. The number of rotatable bonds is 9. The minimum absolute atomic E-state index is 0.0305. The quantitative estimate of drug-likeness (QED) is 0.325. The van der Waals surface area contributed by atoms with Gasteiger partial charge in [0.1, 0.15) is 0 Å². The summed E-state index contributed by atoms with van der Waals surface area (Å²) in [5, 5.41) is 3.75. The zero-order valence-corrected chi connectivity index (χ0v) is 25.8. The van der Waals surface area contributed by atoms with Crippen molar-refractivity contribution in [1.82, 2.24) is 19.4 Å². The molecule has 3 heterocycles. The fraction of sp³-hybridized carbons (Fsp3) is 0.500. The molecular weight excluding hydrogens is 597 g/mol. The van der Waals surface area contributed by atoms with E-state index in [0.717, 1.165) is 10.1 Å². The van der Waals surface area contributed by atoms with E-state index < -0.39 is 65.6 Å². The summed E-state index contributed by atoms with van der Waals surface area (Å²) >= 11 is 0. The first-order valence-electron chi connectivity index (χ1n) is 14.4. The Labute approximate surface area is 257 Å². The standard InChI is InChI=1S/C30H37F3N6O6/c1-19(2)11-14-36-23-24(39(45-26(43)30(31,32)33)27(36)35-15-12-34-13-16-35)37(18-22(41)29(3,4)5)28(44)38(25(23)42)17-21(40)20-9-7-6-8-10-20/h6-11,27,34H,12-18H2,1-5H3. The van der Waals surface area contributed by atoms with Gasteiger partial charge in [0.2, 0.25) is 0 Å². The van der Waals surface area contributed by atoms with Gasteiger partial charge in [-0.15, -0.1) is 5.06 Å². The van der Waals surface area contributed by atoms with Crippen LogP contribution in [0.15, 0.2) is 51.6 Å². The molecule has 15 heteroatoms. The third kappa shape index (κ3) is 7.20. The molecule has 1 N–H and O–H groups in total. The first-order chi connectivity index (χ1) is 21.0. The minimum atomic E-state index is -5.41. The number of hydrogen-bond donors (Lipinski definition) is 1. The third-order valence-electron chi connectivity index (χ3n) is 7.48. The molecule has 12 nitrogen and oxygen atoms in total. The second kappa shape index (κ2) is 13.0. The predicted molar refractivity (Wildman–Crippen MR) is 160 cm³/mol. The molecule has 1 aromatic carbocycles. The van der Waals surface area contributed by atoms with Crippen molar-refractivity contribution in [3.63, 3.8) is 0 Å². The van der Waals surface area contributed by atoms with Gasteiger partial charge >= 0.3 is 17.8 Å². The van der Waals surface area contributed by atoms with Crippen molar-refractivity contribution in [2.45, 2.75) is 60.2 Å². The molecule has 45 heavy (non-hydrogen) atoms. The van der Waals surface area contributed by atoms with E-state index in [9.17, 15) is 37.1 Å². The Bertz CT molecular complexity index is 1600. The van der Waals surface area contributed by atoms with Crippen LogP contribution in [0.4, 0.5) is 24.7 Å². The van der Waals surface area contributed by atoms with Crippen LogP contribution >= 0.6 is 0 Å². The summed E-state index contributed by atoms with van der Waals surface area (Å²) in [6.07, 6.45) is -4.97. The first kappa shape index (κ1) is 33.6. The SMILES string of the molecule is CC(C)=CCN1c2c(n(CC(=O)C(C)(C)C)c(=O)n(CC(=O)c3ccccc3)c2=O)N(OC(=O)C(F)(F)F)C1N1CCNCC1. The number of nitrogens with one attached hydrogen (secondary N) is 1. The molecule has 0 bridgehead atoms. The second-order valence-electron chi connectivity index (χ2n) is 12.2. The van der Waals surface area contributed by atoms with E-state index >= 15 is 0 Å². The van der Waals surface area contributed by atoms with E-state index in [2.05, 4.69) is 5.32 Å². The molecule has 244 valence electrons. The lowest BCUT2D eigenvalue weighted by Gasteiger charge is -2.40. The number of carbonyl (C=O) groups is 3. The molecule has 0 amide bonds. The number of benzene rings is 1. The molecule has 1 unspecified atom stereocenters. The Morgan fingerprint density at radius 2 is 1.60 bits per heavy atom. The summed E-state index contributed by atoms with van der Waals surface area (Å²) in [5.41, 5.74) is -2.34. The van der Waals surface area contributed by atoms with Crippen molar-refractivity contribution >= 4 is 29.0 Å². The van der Waals surface area contributed by atoms with Gasteiger partial charge in [-0.1, -0.05) is 62.8 Å². The maximum absolute atomic E-state index is 14.2. The number of ketones is 2. The molecule has 1 atom stereocenters. The van der Waals surface area contributed by atoms with Gasteiger partial charge in [0.05, 0.1) is 13.1 Å². The van der Waals surface area contributed by atoms with Crippen molar-refractivity contribution in [1.29, 1.82) is 0 Å². The van der Waals surface area contributed by atoms with Crippen LogP contribution in [0, 0.1) is 5.41 Å². The number of aromatic nitrogens is 2. The molecule has 1 fully saturated rings. The van der Waals surface area contributed by atoms with Crippen molar-refractivity contribution in [3.8, 4) is 0 Å². The lowest BCUT2D eigenvalue weighted by Crippen LogP contribution is -2.61. The molecule has 0 spiro atoms. The number of piperazine rings is 1. The van der Waals surface area contributed by atoms with Crippen LogP contribution in [-0.2, 0) is 27.5 Å². The summed E-state index contributed by atoms with van der Waals surface area (Å²) in [5.74, 6) is -4.11. The fourth-order valence-corrected chi connectivity index (χ4v) is 4.98. The number of fused-ring (bicyclic) bond motifs is 1. The highest BCUT2D eigenvalue weighted by atomic mass is 19.4. The van der Waals surface area contributed by atoms with E-state index in [4.69, 9.17) is 4.84 Å². The monoisotopic (exact) mass is 634 g/mol. The number of nitrogens with zero attached hydrogens (tertiary/aromatic N) is 5. The van der Waals surface area contributed by atoms with Gasteiger partial charge in [0.15, 0.2) is 29.4 Å². The maximum Gasteiger partial charge on any atom is 0.493 e. The Hall–Kier alpha value is -4.24. The van der Waals surface area contributed by atoms with Gasteiger partial charge in [-0.25, -0.2) is 9.59 Å². The molecule has 2 aromatic rings.